The maximum absolute atomic E-state index is 13.7. The third-order valence-electron chi connectivity index (χ3n) is 6.03. The van der Waals surface area contributed by atoms with Gasteiger partial charge in [0, 0.05) is 22.9 Å². The summed E-state index contributed by atoms with van der Waals surface area (Å²) < 4.78 is 41.2. The Kier molecular flexibility index (Phi) is 7.86. The van der Waals surface area contributed by atoms with E-state index in [1.54, 1.807) is 12.1 Å². The molecule has 0 saturated carbocycles. The van der Waals surface area contributed by atoms with Crippen LogP contribution in [0, 0.1) is 0 Å². The van der Waals surface area contributed by atoms with Crippen LogP contribution in [0.2, 0.25) is 0 Å². The fourth-order valence-corrected chi connectivity index (χ4v) is 4.20. The van der Waals surface area contributed by atoms with Gasteiger partial charge in [-0.3, -0.25) is 9.59 Å². The molecule has 0 aliphatic heterocycles. The zero-order valence-corrected chi connectivity index (χ0v) is 19.8. The molecule has 0 aliphatic rings. The fraction of sp³-hybridized carbons (Fsp3) is 0.207. The summed E-state index contributed by atoms with van der Waals surface area (Å²) in [5.74, 6) is -1.70. The van der Waals surface area contributed by atoms with Crippen molar-refractivity contribution in [2.45, 2.75) is 37.9 Å². The largest absolute Gasteiger partial charge is 0.481 e. The van der Waals surface area contributed by atoms with E-state index >= 15 is 0 Å². The van der Waals surface area contributed by atoms with Crippen molar-refractivity contribution in [1.82, 2.24) is 10.3 Å². The SMILES string of the molecule is O=C(O)CCCCc1cc2cc(C(=O)N[C@@H](c3ccccc3)C(F)(F)F)ccc2nc1-c1ccccc1. The van der Waals surface area contributed by atoms with Gasteiger partial charge in [0.05, 0.1) is 11.2 Å². The number of carboxylic acid groups (broad SMARTS) is 1. The third kappa shape index (κ3) is 6.52. The van der Waals surface area contributed by atoms with Crippen LogP contribution < -0.4 is 5.32 Å². The van der Waals surface area contributed by atoms with Crippen LogP contribution >= 0.6 is 0 Å². The van der Waals surface area contributed by atoms with Gasteiger partial charge in [-0.15, -0.1) is 0 Å². The Bertz CT molecular complexity index is 1390. The lowest BCUT2D eigenvalue weighted by Gasteiger charge is -2.22. The maximum atomic E-state index is 13.7. The molecule has 3 aromatic carbocycles. The van der Waals surface area contributed by atoms with Crippen molar-refractivity contribution >= 4 is 22.8 Å². The van der Waals surface area contributed by atoms with Gasteiger partial charge < -0.3 is 10.4 Å². The minimum Gasteiger partial charge on any atom is -0.481 e. The highest BCUT2D eigenvalue weighted by Gasteiger charge is 2.41. The Morgan fingerprint density at radius 3 is 2.22 bits per heavy atom. The molecule has 190 valence electrons. The minimum atomic E-state index is -4.66. The zero-order valence-electron chi connectivity index (χ0n) is 19.8. The second kappa shape index (κ2) is 11.2. The predicted octanol–water partition coefficient (Wildman–Crippen LogP) is 6.73. The van der Waals surface area contributed by atoms with E-state index in [0.29, 0.717) is 30.2 Å². The van der Waals surface area contributed by atoms with Crippen molar-refractivity contribution in [1.29, 1.82) is 0 Å². The number of aromatic nitrogens is 1. The number of benzene rings is 3. The second-order valence-electron chi connectivity index (χ2n) is 8.73. The molecule has 8 heteroatoms. The molecule has 4 rings (SSSR count). The molecule has 2 N–H and O–H groups in total. The quantitative estimate of drug-likeness (QED) is 0.247. The van der Waals surface area contributed by atoms with Crippen LogP contribution in [0.15, 0.2) is 84.9 Å². The van der Waals surface area contributed by atoms with E-state index in [1.165, 1.54) is 36.4 Å². The summed E-state index contributed by atoms with van der Waals surface area (Å²) in [6, 6.07) is 21.1. The van der Waals surface area contributed by atoms with Crippen molar-refractivity contribution in [2.24, 2.45) is 0 Å². The summed E-state index contributed by atoms with van der Waals surface area (Å²) >= 11 is 0. The number of carbonyl (C=O) groups is 2. The first-order valence-corrected chi connectivity index (χ1v) is 11.9. The standard InChI is InChI=1S/C29H25F3N2O3/c30-29(31,32)27(20-11-5-2-6-12-20)34-28(37)22-15-16-24-23(18-22)17-21(13-7-8-14-25(35)36)26(33-24)19-9-3-1-4-10-19/h1-6,9-12,15-18,27H,7-8,13-14H2,(H,34,37)(H,35,36)/t27-/m0/s1. The second-order valence-corrected chi connectivity index (χ2v) is 8.73. The lowest BCUT2D eigenvalue weighted by molar-refractivity contribution is -0.155. The number of rotatable bonds is 9. The maximum Gasteiger partial charge on any atom is 0.412 e. The highest BCUT2D eigenvalue weighted by molar-refractivity contribution is 5.98. The van der Waals surface area contributed by atoms with Crippen LogP contribution in [0.4, 0.5) is 13.2 Å². The molecule has 1 atom stereocenters. The number of unbranched alkanes of at least 4 members (excludes halogenated alkanes) is 1. The average Bonchev–Trinajstić information content (AvgIpc) is 2.89. The first-order chi connectivity index (χ1) is 17.7. The first-order valence-electron chi connectivity index (χ1n) is 11.9. The number of hydrogen-bond acceptors (Lipinski definition) is 3. The van der Waals surface area contributed by atoms with Crippen LogP contribution in [-0.4, -0.2) is 28.1 Å². The van der Waals surface area contributed by atoms with Crippen LogP contribution in [0.25, 0.3) is 22.2 Å². The van der Waals surface area contributed by atoms with E-state index in [0.717, 1.165) is 16.8 Å². The number of amides is 1. The molecular formula is C29H25F3N2O3. The fourth-order valence-electron chi connectivity index (χ4n) is 4.20. The number of nitrogens with zero attached hydrogens (tertiary/aromatic N) is 1. The molecule has 5 nitrogen and oxygen atoms in total. The van der Waals surface area contributed by atoms with E-state index in [1.807, 2.05) is 36.4 Å². The molecule has 0 spiro atoms. The first kappa shape index (κ1) is 25.9. The molecule has 0 aliphatic carbocycles. The van der Waals surface area contributed by atoms with Gasteiger partial charge in [0.25, 0.3) is 5.91 Å². The van der Waals surface area contributed by atoms with Crippen molar-refractivity contribution in [3.8, 4) is 11.3 Å². The number of aryl methyl sites for hydroxylation is 1. The van der Waals surface area contributed by atoms with Gasteiger partial charge in [-0.2, -0.15) is 13.2 Å². The molecule has 0 fully saturated rings. The summed E-state index contributed by atoms with van der Waals surface area (Å²) in [5.41, 5.74) is 3.15. The van der Waals surface area contributed by atoms with Gasteiger partial charge in [0.2, 0.25) is 0 Å². The molecule has 1 aromatic heterocycles. The van der Waals surface area contributed by atoms with Crippen LogP contribution in [0.5, 0.6) is 0 Å². The molecule has 0 radical (unpaired) electrons. The Labute approximate surface area is 212 Å². The number of carbonyl (C=O) groups excluding carboxylic acids is 1. The summed E-state index contributed by atoms with van der Waals surface area (Å²) in [7, 11) is 0. The number of alkyl halides is 3. The summed E-state index contributed by atoms with van der Waals surface area (Å²) in [4.78, 5) is 28.5. The monoisotopic (exact) mass is 506 g/mol. The molecule has 1 heterocycles. The zero-order chi connectivity index (χ0) is 26.4. The Balaban J connectivity index is 1.66. The summed E-state index contributed by atoms with van der Waals surface area (Å²) in [5, 5.41) is 11.7. The summed E-state index contributed by atoms with van der Waals surface area (Å²) in [6.45, 7) is 0. The van der Waals surface area contributed by atoms with E-state index in [9.17, 15) is 22.8 Å². The van der Waals surface area contributed by atoms with Gasteiger partial charge in [-0.05, 0) is 54.7 Å². The smallest absolute Gasteiger partial charge is 0.412 e. The van der Waals surface area contributed by atoms with Gasteiger partial charge in [-0.1, -0.05) is 60.7 Å². The topological polar surface area (TPSA) is 79.3 Å². The third-order valence-corrected chi connectivity index (χ3v) is 6.03. The number of pyridine rings is 1. The predicted molar refractivity (Wildman–Crippen MR) is 135 cm³/mol. The normalized spacial score (nSPS) is 12.3. The number of nitrogens with one attached hydrogen (secondary N) is 1. The Hall–Kier alpha value is -4.20. The molecule has 1 amide bonds. The lowest BCUT2D eigenvalue weighted by Crippen LogP contribution is -2.38. The van der Waals surface area contributed by atoms with Gasteiger partial charge in [-0.25, -0.2) is 4.98 Å². The number of halogens is 3. The van der Waals surface area contributed by atoms with Gasteiger partial charge >= 0.3 is 12.1 Å². The average molecular weight is 507 g/mol. The van der Waals surface area contributed by atoms with Gasteiger partial charge in [0.15, 0.2) is 6.04 Å². The van der Waals surface area contributed by atoms with Gasteiger partial charge in [0.1, 0.15) is 0 Å². The van der Waals surface area contributed by atoms with E-state index in [-0.39, 0.29) is 17.5 Å². The van der Waals surface area contributed by atoms with Crippen LogP contribution in [-0.2, 0) is 11.2 Å². The van der Waals surface area contributed by atoms with Crippen molar-refractivity contribution in [3.63, 3.8) is 0 Å². The number of hydrogen-bond donors (Lipinski definition) is 2. The van der Waals surface area contributed by atoms with Crippen LogP contribution in [0.1, 0.15) is 46.8 Å². The van der Waals surface area contributed by atoms with Crippen molar-refractivity contribution in [3.05, 3.63) is 102 Å². The summed E-state index contributed by atoms with van der Waals surface area (Å²) in [6.07, 6.45) is -2.90. The number of fused-ring (bicyclic) bond motifs is 1. The highest BCUT2D eigenvalue weighted by atomic mass is 19.4. The van der Waals surface area contributed by atoms with Crippen LogP contribution in [0.3, 0.4) is 0 Å². The lowest BCUT2D eigenvalue weighted by atomic mass is 9.98. The number of aliphatic carboxylic acids is 1. The van der Waals surface area contributed by atoms with E-state index < -0.39 is 24.1 Å². The minimum absolute atomic E-state index is 0.0537. The molecule has 0 bridgehead atoms. The molecule has 0 saturated heterocycles. The Morgan fingerprint density at radius 2 is 1.57 bits per heavy atom. The molecule has 37 heavy (non-hydrogen) atoms. The van der Waals surface area contributed by atoms with Crippen molar-refractivity contribution in [2.75, 3.05) is 0 Å². The van der Waals surface area contributed by atoms with E-state index in [2.05, 4.69) is 5.32 Å². The number of carboxylic acids is 1. The van der Waals surface area contributed by atoms with E-state index in [4.69, 9.17) is 10.1 Å². The Morgan fingerprint density at radius 1 is 0.892 bits per heavy atom. The molecule has 4 aromatic rings. The van der Waals surface area contributed by atoms with Crippen molar-refractivity contribution < 1.29 is 27.9 Å². The molecular weight excluding hydrogens is 481 g/mol. The highest BCUT2D eigenvalue weighted by Crippen LogP contribution is 2.33. The molecule has 0 unspecified atom stereocenters.